The van der Waals surface area contributed by atoms with Gasteiger partial charge in [-0.2, -0.15) is 5.10 Å². The Hall–Kier alpha value is -2.83. The van der Waals surface area contributed by atoms with Crippen molar-refractivity contribution in [2.75, 3.05) is 13.7 Å². The number of hydrogen-bond donors (Lipinski definition) is 2. The molecule has 1 aliphatic rings. The minimum absolute atomic E-state index is 0. The second kappa shape index (κ2) is 9.11. The third kappa shape index (κ3) is 4.60. The zero-order valence-electron chi connectivity index (χ0n) is 16.2. The molecule has 2 aromatic carbocycles. The maximum atomic E-state index is 13.1. The summed E-state index contributed by atoms with van der Waals surface area (Å²) in [6.45, 7) is 0.442. The number of rotatable bonds is 7. The van der Waals surface area contributed by atoms with E-state index in [0.29, 0.717) is 23.7 Å². The molecule has 1 saturated carbocycles. The predicted molar refractivity (Wildman–Crippen MR) is 116 cm³/mol. The lowest BCUT2D eigenvalue weighted by Gasteiger charge is -2.15. The molecule has 1 aromatic heterocycles. The molecule has 1 amide bonds. The van der Waals surface area contributed by atoms with Crippen LogP contribution in [0.3, 0.4) is 0 Å². The lowest BCUT2D eigenvalue weighted by molar-refractivity contribution is 0.0934. The van der Waals surface area contributed by atoms with Gasteiger partial charge in [0.1, 0.15) is 11.4 Å². The molecule has 1 fully saturated rings. The van der Waals surface area contributed by atoms with Crippen LogP contribution in [0.5, 0.6) is 5.75 Å². The average Bonchev–Trinajstić information content (AvgIpc) is 3.49. The number of nitrogens with zero attached hydrogens (tertiary/aromatic N) is 2. The largest absolute Gasteiger partial charge is 0.497 e. The second-order valence-corrected chi connectivity index (χ2v) is 7.06. The summed E-state index contributed by atoms with van der Waals surface area (Å²) in [5, 5.41) is 7.81. The summed E-state index contributed by atoms with van der Waals surface area (Å²) in [6, 6.07) is 17.3. The molecular weight excluding hydrogens is 388 g/mol. The Morgan fingerprint density at radius 3 is 2.66 bits per heavy atom. The van der Waals surface area contributed by atoms with Crippen molar-refractivity contribution in [1.29, 1.82) is 0 Å². The Labute approximate surface area is 176 Å². The van der Waals surface area contributed by atoms with Crippen LogP contribution in [0.25, 0.3) is 16.9 Å². The maximum absolute atomic E-state index is 13.1. The zero-order chi connectivity index (χ0) is 19.5. The molecule has 0 saturated heterocycles. The van der Waals surface area contributed by atoms with Gasteiger partial charge in [-0.3, -0.25) is 4.79 Å². The van der Waals surface area contributed by atoms with E-state index in [1.165, 1.54) is 0 Å². The van der Waals surface area contributed by atoms with Gasteiger partial charge in [0.2, 0.25) is 0 Å². The van der Waals surface area contributed by atoms with Crippen LogP contribution >= 0.6 is 12.4 Å². The monoisotopic (exact) mass is 412 g/mol. The normalized spacial score (nSPS) is 14.0. The van der Waals surface area contributed by atoms with Crippen LogP contribution in [-0.2, 0) is 0 Å². The summed E-state index contributed by atoms with van der Waals surface area (Å²) in [5.74, 6) is 1.05. The first-order valence-electron chi connectivity index (χ1n) is 9.50. The van der Waals surface area contributed by atoms with Crippen LogP contribution in [-0.4, -0.2) is 35.4 Å². The topological polar surface area (TPSA) is 82.2 Å². The number of halogens is 1. The molecule has 6 nitrogen and oxygen atoms in total. The molecule has 1 unspecified atom stereocenters. The molecule has 1 heterocycles. The molecule has 0 aliphatic heterocycles. The Bertz CT molecular complexity index is 970. The smallest absolute Gasteiger partial charge is 0.255 e. The van der Waals surface area contributed by atoms with Gasteiger partial charge in [0.05, 0.1) is 18.4 Å². The van der Waals surface area contributed by atoms with Crippen LogP contribution in [0.2, 0.25) is 0 Å². The molecule has 152 valence electrons. The fourth-order valence-electron chi connectivity index (χ4n) is 3.35. The maximum Gasteiger partial charge on any atom is 0.255 e. The molecule has 0 radical (unpaired) electrons. The highest BCUT2D eigenvalue weighted by Gasteiger charge is 2.32. The number of benzene rings is 2. The SMILES string of the molecule is COc1cccc(-c2nn(-c3ccccc3)cc2C(=O)NC(CN)C2CC2)c1.Cl. The van der Waals surface area contributed by atoms with Crippen LogP contribution in [0, 0.1) is 5.92 Å². The van der Waals surface area contributed by atoms with Crippen molar-refractivity contribution >= 4 is 18.3 Å². The third-order valence-corrected chi connectivity index (χ3v) is 5.08. The number of carbonyl (C=O) groups excluding carboxylic acids is 1. The number of para-hydroxylation sites is 1. The van der Waals surface area contributed by atoms with Gasteiger partial charge in [-0.05, 0) is 43.0 Å². The van der Waals surface area contributed by atoms with E-state index in [0.717, 1.165) is 29.8 Å². The lowest BCUT2D eigenvalue weighted by Crippen LogP contribution is -2.41. The number of methoxy groups -OCH3 is 1. The Morgan fingerprint density at radius 1 is 1.24 bits per heavy atom. The molecule has 1 atom stereocenters. The van der Waals surface area contributed by atoms with Gasteiger partial charge >= 0.3 is 0 Å². The highest BCUT2D eigenvalue weighted by Crippen LogP contribution is 2.33. The Morgan fingerprint density at radius 2 is 2.00 bits per heavy atom. The summed E-state index contributed by atoms with van der Waals surface area (Å²) < 4.78 is 7.07. The number of ether oxygens (including phenoxy) is 1. The molecule has 29 heavy (non-hydrogen) atoms. The molecule has 4 rings (SSSR count). The van der Waals surface area contributed by atoms with Crippen LogP contribution < -0.4 is 15.8 Å². The van der Waals surface area contributed by atoms with E-state index in [2.05, 4.69) is 5.32 Å². The van der Waals surface area contributed by atoms with E-state index in [-0.39, 0.29) is 24.4 Å². The van der Waals surface area contributed by atoms with E-state index in [1.807, 2.05) is 54.6 Å². The van der Waals surface area contributed by atoms with E-state index >= 15 is 0 Å². The average molecular weight is 413 g/mol. The quantitative estimate of drug-likeness (QED) is 0.622. The fourth-order valence-corrected chi connectivity index (χ4v) is 3.35. The molecule has 0 bridgehead atoms. The second-order valence-electron chi connectivity index (χ2n) is 7.06. The van der Waals surface area contributed by atoms with Gasteiger partial charge in [-0.25, -0.2) is 4.68 Å². The van der Waals surface area contributed by atoms with Gasteiger partial charge < -0.3 is 15.8 Å². The fraction of sp³-hybridized carbons (Fsp3) is 0.273. The zero-order valence-corrected chi connectivity index (χ0v) is 17.1. The van der Waals surface area contributed by atoms with Gasteiger partial charge in [0, 0.05) is 24.3 Å². The molecule has 7 heteroatoms. The highest BCUT2D eigenvalue weighted by molar-refractivity contribution is 6.00. The number of carbonyl (C=O) groups is 1. The first kappa shape index (κ1) is 20.9. The van der Waals surface area contributed by atoms with Crippen molar-refractivity contribution in [2.24, 2.45) is 11.7 Å². The van der Waals surface area contributed by atoms with Crippen molar-refractivity contribution < 1.29 is 9.53 Å². The van der Waals surface area contributed by atoms with Gasteiger partial charge in [-0.15, -0.1) is 12.4 Å². The molecule has 0 spiro atoms. The number of nitrogens with two attached hydrogens (primary N) is 1. The van der Waals surface area contributed by atoms with E-state index in [1.54, 1.807) is 18.0 Å². The Balaban J connectivity index is 0.00000240. The lowest BCUT2D eigenvalue weighted by atomic mass is 10.1. The van der Waals surface area contributed by atoms with E-state index in [4.69, 9.17) is 15.6 Å². The highest BCUT2D eigenvalue weighted by atomic mass is 35.5. The third-order valence-electron chi connectivity index (χ3n) is 5.08. The molecule has 1 aliphatic carbocycles. The van der Waals surface area contributed by atoms with Crippen LogP contribution in [0.15, 0.2) is 60.8 Å². The van der Waals surface area contributed by atoms with Crippen molar-refractivity contribution in [1.82, 2.24) is 15.1 Å². The van der Waals surface area contributed by atoms with Gasteiger partial charge in [0.25, 0.3) is 5.91 Å². The van der Waals surface area contributed by atoms with E-state index in [9.17, 15) is 4.79 Å². The molecular formula is C22H25ClN4O2. The van der Waals surface area contributed by atoms with Crippen molar-refractivity contribution in [2.45, 2.75) is 18.9 Å². The summed E-state index contributed by atoms with van der Waals surface area (Å²) in [6.07, 6.45) is 4.02. The number of nitrogens with one attached hydrogen (secondary N) is 1. The van der Waals surface area contributed by atoms with Crippen molar-refractivity contribution in [3.63, 3.8) is 0 Å². The first-order valence-corrected chi connectivity index (χ1v) is 9.50. The number of aromatic nitrogens is 2. The summed E-state index contributed by atoms with van der Waals surface area (Å²) in [7, 11) is 1.62. The minimum Gasteiger partial charge on any atom is -0.497 e. The molecule has 3 aromatic rings. The van der Waals surface area contributed by atoms with Crippen LogP contribution in [0.4, 0.5) is 0 Å². The minimum atomic E-state index is -0.151. The predicted octanol–water partition coefficient (Wildman–Crippen LogP) is 3.44. The summed E-state index contributed by atoms with van der Waals surface area (Å²) >= 11 is 0. The summed E-state index contributed by atoms with van der Waals surface area (Å²) in [4.78, 5) is 13.1. The molecule has 3 N–H and O–H groups in total. The number of hydrogen-bond acceptors (Lipinski definition) is 4. The summed E-state index contributed by atoms with van der Waals surface area (Å²) in [5.41, 5.74) is 8.73. The first-order chi connectivity index (χ1) is 13.7. The van der Waals surface area contributed by atoms with Crippen molar-refractivity contribution in [3.8, 4) is 22.7 Å². The number of amides is 1. The van der Waals surface area contributed by atoms with Gasteiger partial charge in [0.15, 0.2) is 0 Å². The van der Waals surface area contributed by atoms with Gasteiger partial charge in [-0.1, -0.05) is 30.3 Å². The van der Waals surface area contributed by atoms with E-state index < -0.39 is 0 Å². The van der Waals surface area contributed by atoms with Crippen molar-refractivity contribution in [3.05, 3.63) is 66.4 Å². The standard InChI is InChI=1S/C22H24N4O2.ClH/c1-28-18-9-5-6-16(12-18)21-19(22(27)24-20(13-23)15-10-11-15)14-26(25-21)17-7-3-2-4-8-17;/h2-9,12,14-15,20H,10-11,13,23H2,1H3,(H,24,27);1H. The van der Waals surface area contributed by atoms with Crippen LogP contribution in [0.1, 0.15) is 23.2 Å². The Kier molecular flexibility index (Phi) is 6.56.